The quantitative estimate of drug-likeness (QED) is 0.795. The van der Waals surface area contributed by atoms with Crippen LogP contribution in [0.4, 0.5) is 0 Å². The van der Waals surface area contributed by atoms with Gasteiger partial charge in [-0.25, -0.2) is 0 Å². The Bertz CT molecular complexity index is 325. The summed E-state index contributed by atoms with van der Waals surface area (Å²) in [5, 5.41) is 9.63. The first-order valence-electron chi connectivity index (χ1n) is 6.46. The molecule has 0 radical (unpaired) electrons. The van der Waals surface area contributed by atoms with E-state index in [0.717, 1.165) is 12.8 Å². The van der Waals surface area contributed by atoms with E-state index in [2.05, 4.69) is 45.0 Å². The summed E-state index contributed by atoms with van der Waals surface area (Å²) in [6.07, 6.45) is 1.91. The molecule has 2 heteroatoms. The second-order valence-electron chi connectivity index (χ2n) is 5.23. The Kier molecular flexibility index (Phi) is 5.16. The predicted octanol–water partition coefficient (Wildman–Crippen LogP) is 2.38. The number of nitrogens with two attached hydrogens (primary N) is 1. The maximum atomic E-state index is 9.63. The highest BCUT2D eigenvalue weighted by Crippen LogP contribution is 2.30. The Hall–Kier alpha value is -0.860. The molecule has 0 aliphatic rings. The highest BCUT2D eigenvalue weighted by Gasteiger charge is 2.31. The van der Waals surface area contributed by atoms with Crippen molar-refractivity contribution in [1.29, 1.82) is 0 Å². The second kappa shape index (κ2) is 6.18. The minimum atomic E-state index is -0.187. The van der Waals surface area contributed by atoms with Gasteiger partial charge in [0.15, 0.2) is 0 Å². The summed E-state index contributed by atoms with van der Waals surface area (Å²) < 4.78 is 0. The van der Waals surface area contributed by atoms with Crippen LogP contribution in [0, 0.1) is 11.3 Å². The van der Waals surface area contributed by atoms with Crippen LogP contribution in [0.15, 0.2) is 24.3 Å². The lowest BCUT2D eigenvalue weighted by Crippen LogP contribution is -2.41. The van der Waals surface area contributed by atoms with Crippen LogP contribution in [0.2, 0.25) is 0 Å². The van der Waals surface area contributed by atoms with E-state index in [4.69, 9.17) is 5.73 Å². The van der Waals surface area contributed by atoms with E-state index in [1.807, 2.05) is 0 Å². The predicted molar refractivity (Wildman–Crippen MR) is 72.9 cm³/mol. The summed E-state index contributed by atoms with van der Waals surface area (Å²) in [5.41, 5.74) is 8.28. The molecule has 0 aliphatic heterocycles. The lowest BCUT2D eigenvalue weighted by Gasteiger charge is -2.35. The minimum Gasteiger partial charge on any atom is -0.396 e. The van der Waals surface area contributed by atoms with Gasteiger partial charge in [-0.05, 0) is 29.9 Å². The molecule has 0 fully saturated rings. The summed E-state index contributed by atoms with van der Waals surface area (Å²) in [7, 11) is 0. The van der Waals surface area contributed by atoms with E-state index in [1.54, 1.807) is 0 Å². The smallest absolute Gasteiger partial charge is 0.0505 e. The molecule has 3 N–H and O–H groups in total. The Morgan fingerprint density at radius 1 is 1.18 bits per heavy atom. The van der Waals surface area contributed by atoms with E-state index in [-0.39, 0.29) is 12.0 Å². The highest BCUT2D eigenvalue weighted by atomic mass is 16.3. The first-order chi connectivity index (χ1) is 8.07. The number of aliphatic hydroxyl groups excluding tert-OH is 1. The van der Waals surface area contributed by atoms with Crippen LogP contribution >= 0.6 is 0 Å². The van der Waals surface area contributed by atoms with Crippen LogP contribution < -0.4 is 5.73 Å². The normalized spacial score (nSPS) is 14.9. The lowest BCUT2D eigenvalue weighted by molar-refractivity contribution is 0.0843. The molecule has 0 saturated heterocycles. The van der Waals surface area contributed by atoms with Crippen molar-refractivity contribution in [2.45, 2.75) is 33.6 Å². The van der Waals surface area contributed by atoms with Gasteiger partial charge in [0.25, 0.3) is 0 Å². The third-order valence-corrected chi connectivity index (χ3v) is 3.93. The van der Waals surface area contributed by atoms with E-state index in [0.29, 0.717) is 12.5 Å². The van der Waals surface area contributed by atoms with Gasteiger partial charge < -0.3 is 10.8 Å². The zero-order valence-corrected chi connectivity index (χ0v) is 11.2. The van der Waals surface area contributed by atoms with Crippen molar-refractivity contribution in [2.24, 2.45) is 17.1 Å². The van der Waals surface area contributed by atoms with E-state index < -0.39 is 0 Å². The van der Waals surface area contributed by atoms with E-state index in [9.17, 15) is 5.11 Å². The number of rotatable bonds is 6. The van der Waals surface area contributed by atoms with Crippen molar-refractivity contribution >= 4 is 0 Å². The topological polar surface area (TPSA) is 46.2 Å². The Morgan fingerprint density at radius 2 is 1.71 bits per heavy atom. The Labute approximate surface area is 105 Å². The summed E-state index contributed by atoms with van der Waals surface area (Å²) >= 11 is 0. The molecule has 1 unspecified atom stereocenters. The van der Waals surface area contributed by atoms with Gasteiger partial charge in [-0.1, -0.05) is 45.0 Å². The zero-order chi connectivity index (χ0) is 12.9. The maximum Gasteiger partial charge on any atom is 0.0505 e. The fraction of sp³-hybridized carbons (Fsp3) is 0.600. The Morgan fingerprint density at radius 3 is 2.06 bits per heavy atom. The average Bonchev–Trinajstić information content (AvgIpc) is 2.36. The molecular formula is C15H25NO. The van der Waals surface area contributed by atoms with Gasteiger partial charge in [0.2, 0.25) is 0 Å². The number of aryl methyl sites for hydroxylation is 1. The molecule has 0 amide bonds. The molecule has 0 aliphatic carbocycles. The standard InChI is InChI=1S/C15H25NO/c1-4-13-5-7-14(8-6-13)9-15(10-16,11-17)12(2)3/h5-8,12,17H,4,9-11,16H2,1-3H3. The van der Waals surface area contributed by atoms with Gasteiger partial charge in [-0.2, -0.15) is 0 Å². The van der Waals surface area contributed by atoms with Crippen LogP contribution in [0.1, 0.15) is 31.9 Å². The molecule has 2 nitrogen and oxygen atoms in total. The summed E-state index contributed by atoms with van der Waals surface area (Å²) in [4.78, 5) is 0. The second-order valence-corrected chi connectivity index (χ2v) is 5.23. The summed E-state index contributed by atoms with van der Waals surface area (Å²) in [6.45, 7) is 7.08. The third-order valence-electron chi connectivity index (χ3n) is 3.93. The van der Waals surface area contributed by atoms with Crippen LogP contribution in [-0.4, -0.2) is 18.3 Å². The molecule has 0 heterocycles. The largest absolute Gasteiger partial charge is 0.396 e. The molecule has 1 aromatic carbocycles. The van der Waals surface area contributed by atoms with Gasteiger partial charge >= 0.3 is 0 Å². The molecule has 96 valence electrons. The fourth-order valence-electron chi connectivity index (χ4n) is 2.11. The molecule has 0 bridgehead atoms. The van der Waals surface area contributed by atoms with Gasteiger partial charge in [0, 0.05) is 12.0 Å². The highest BCUT2D eigenvalue weighted by molar-refractivity contribution is 5.23. The van der Waals surface area contributed by atoms with Gasteiger partial charge in [-0.15, -0.1) is 0 Å². The molecule has 1 atom stereocenters. The lowest BCUT2D eigenvalue weighted by atomic mass is 9.73. The molecule has 1 rings (SSSR count). The van der Waals surface area contributed by atoms with E-state index >= 15 is 0 Å². The van der Waals surface area contributed by atoms with Gasteiger partial charge in [0.05, 0.1) is 6.61 Å². The Balaban J connectivity index is 2.85. The van der Waals surface area contributed by atoms with Gasteiger partial charge in [-0.3, -0.25) is 0 Å². The number of hydrogen-bond donors (Lipinski definition) is 2. The fourth-order valence-corrected chi connectivity index (χ4v) is 2.11. The first-order valence-corrected chi connectivity index (χ1v) is 6.46. The first kappa shape index (κ1) is 14.2. The van der Waals surface area contributed by atoms with Crippen LogP contribution in [0.5, 0.6) is 0 Å². The van der Waals surface area contributed by atoms with Crippen LogP contribution in [0.25, 0.3) is 0 Å². The van der Waals surface area contributed by atoms with Crippen molar-refractivity contribution in [3.63, 3.8) is 0 Å². The molecule has 0 spiro atoms. The van der Waals surface area contributed by atoms with E-state index in [1.165, 1.54) is 11.1 Å². The molecular weight excluding hydrogens is 210 g/mol. The van der Waals surface area contributed by atoms with Crippen molar-refractivity contribution in [3.05, 3.63) is 35.4 Å². The third kappa shape index (κ3) is 3.30. The molecule has 0 aromatic heterocycles. The SMILES string of the molecule is CCc1ccc(CC(CN)(CO)C(C)C)cc1. The molecule has 0 saturated carbocycles. The van der Waals surface area contributed by atoms with Gasteiger partial charge in [0.1, 0.15) is 0 Å². The average molecular weight is 235 g/mol. The molecule has 17 heavy (non-hydrogen) atoms. The maximum absolute atomic E-state index is 9.63. The number of aliphatic hydroxyl groups is 1. The van der Waals surface area contributed by atoms with Crippen molar-refractivity contribution in [1.82, 2.24) is 0 Å². The monoisotopic (exact) mass is 235 g/mol. The van der Waals surface area contributed by atoms with Crippen molar-refractivity contribution < 1.29 is 5.11 Å². The number of benzene rings is 1. The van der Waals surface area contributed by atoms with Crippen LogP contribution in [-0.2, 0) is 12.8 Å². The zero-order valence-electron chi connectivity index (χ0n) is 11.2. The number of hydrogen-bond acceptors (Lipinski definition) is 2. The van der Waals surface area contributed by atoms with Crippen molar-refractivity contribution in [3.8, 4) is 0 Å². The minimum absolute atomic E-state index is 0.149. The molecule has 1 aromatic rings. The van der Waals surface area contributed by atoms with Crippen LogP contribution in [0.3, 0.4) is 0 Å². The summed E-state index contributed by atoms with van der Waals surface area (Å²) in [6, 6.07) is 8.63. The summed E-state index contributed by atoms with van der Waals surface area (Å²) in [5.74, 6) is 0.378. The van der Waals surface area contributed by atoms with Crippen molar-refractivity contribution in [2.75, 3.05) is 13.2 Å².